The van der Waals surface area contributed by atoms with Gasteiger partial charge in [-0.1, -0.05) is 241 Å². The lowest BCUT2D eigenvalue weighted by Crippen LogP contribution is -2.14. The average molecular weight is 1220 g/mol. The van der Waals surface area contributed by atoms with E-state index in [4.69, 9.17) is 0 Å². The van der Waals surface area contributed by atoms with Crippen LogP contribution in [0.3, 0.4) is 0 Å². The summed E-state index contributed by atoms with van der Waals surface area (Å²) in [7, 11) is 0. The van der Waals surface area contributed by atoms with E-state index in [-0.39, 0.29) is 21.7 Å². The molecule has 0 unspecified atom stereocenters. The molecule has 0 saturated carbocycles. The van der Waals surface area contributed by atoms with E-state index < -0.39 is 0 Å². The largest absolute Gasteiger partial charge is 0.309 e. The van der Waals surface area contributed by atoms with Gasteiger partial charge in [-0.25, -0.2) is 0 Å². The number of anilines is 6. The second kappa shape index (κ2) is 20.5. The maximum Gasteiger partial charge on any atom is 0.0641 e. The van der Waals surface area contributed by atoms with Gasteiger partial charge in [0.05, 0.1) is 55.8 Å². The average Bonchev–Trinajstić information content (AvgIpc) is 1.51. The first-order valence-electron chi connectivity index (χ1n) is 33.6. The van der Waals surface area contributed by atoms with E-state index in [9.17, 15) is 0 Å². The van der Waals surface area contributed by atoms with Crippen molar-refractivity contribution in [2.75, 3.05) is 9.80 Å². The highest BCUT2D eigenvalue weighted by molar-refractivity contribution is 6.32. The monoisotopic (exact) mass is 1210 g/mol. The highest BCUT2D eigenvalue weighted by Crippen LogP contribution is 2.54. The highest BCUT2D eigenvalue weighted by atomic mass is 15.2. The lowest BCUT2D eigenvalue weighted by atomic mass is 9.86. The first kappa shape index (κ1) is 57.5. The minimum atomic E-state index is -0.0835. The van der Waals surface area contributed by atoms with Gasteiger partial charge in [0.1, 0.15) is 0 Å². The zero-order chi connectivity index (χ0) is 64.5. The van der Waals surface area contributed by atoms with Gasteiger partial charge in [-0.15, -0.1) is 0 Å². The van der Waals surface area contributed by atoms with Crippen LogP contribution in [-0.2, 0) is 21.7 Å². The molecule has 17 rings (SSSR count). The van der Waals surface area contributed by atoms with Crippen LogP contribution in [0, 0.1) is 0 Å². The van der Waals surface area contributed by atoms with Crippen LogP contribution in [-0.4, -0.2) is 8.80 Å². The third-order valence-electron chi connectivity index (χ3n) is 20.6. The summed E-state index contributed by atoms with van der Waals surface area (Å²) in [6.45, 7) is 27.9. The molecule has 13 aromatic carbocycles. The van der Waals surface area contributed by atoms with Gasteiger partial charge < -0.3 is 18.6 Å². The Kier molecular flexibility index (Phi) is 12.6. The van der Waals surface area contributed by atoms with E-state index in [0.29, 0.717) is 0 Å². The Morgan fingerprint density at radius 2 is 0.596 bits per heavy atom. The van der Waals surface area contributed by atoms with Crippen LogP contribution in [0.1, 0.15) is 105 Å². The van der Waals surface area contributed by atoms with E-state index in [0.717, 1.165) is 34.1 Å². The molecular formula is C90H78N4. The standard InChI is InChI=1S/C90H78N4/c1-87(2,3)61-33-39-65(40-34-61)91(75-27-19-17-25-67(75)59-31-29-55-21-13-15-23-57(55)49-59)79-47-43-69-71-53-82-72(54-81(71)93-77-45-37-63(89(7,8)9)51-73(77)83(79)85(69)93)70-44-48-80(84-74-52-64(90(10,11)12)38-46-78(74)94(82)86(70)84)92(66-41-35-62(36-42-66)88(4,5)6)76-28-20-18-26-68(76)60-32-30-56-22-14-16-24-58(56)50-60/h13-54H,1-12H3. The Morgan fingerprint density at radius 3 is 0.979 bits per heavy atom. The number of hydrogen-bond acceptors (Lipinski definition) is 2. The number of fused-ring (bicyclic) bond motifs is 14. The molecule has 0 aliphatic carbocycles. The summed E-state index contributed by atoms with van der Waals surface area (Å²) in [5.41, 5.74) is 23.9. The molecule has 94 heavy (non-hydrogen) atoms. The van der Waals surface area contributed by atoms with Crippen molar-refractivity contribution < 1.29 is 0 Å². The fraction of sp³-hybridized carbons (Fsp3) is 0.178. The molecule has 0 bridgehead atoms. The van der Waals surface area contributed by atoms with Crippen LogP contribution < -0.4 is 9.80 Å². The highest BCUT2D eigenvalue weighted by Gasteiger charge is 2.32. The topological polar surface area (TPSA) is 15.3 Å². The van der Waals surface area contributed by atoms with Crippen molar-refractivity contribution in [1.29, 1.82) is 0 Å². The molecule has 0 spiro atoms. The Morgan fingerprint density at radius 1 is 0.245 bits per heavy atom. The number of benzene rings is 13. The minimum Gasteiger partial charge on any atom is -0.309 e. The van der Waals surface area contributed by atoms with E-state index in [2.05, 4.69) is 356 Å². The summed E-state index contributed by atoms with van der Waals surface area (Å²) in [6, 6.07) is 97.4. The van der Waals surface area contributed by atoms with E-state index in [1.54, 1.807) is 0 Å². The molecule has 0 fully saturated rings. The summed E-state index contributed by atoms with van der Waals surface area (Å²) in [5, 5.41) is 14.9. The summed E-state index contributed by atoms with van der Waals surface area (Å²) >= 11 is 0. The van der Waals surface area contributed by atoms with Gasteiger partial charge in [-0.2, -0.15) is 0 Å². The Hall–Kier alpha value is -10.4. The second-order valence-corrected chi connectivity index (χ2v) is 30.7. The van der Waals surface area contributed by atoms with Gasteiger partial charge >= 0.3 is 0 Å². The summed E-state index contributed by atoms with van der Waals surface area (Å²) in [4.78, 5) is 5.11. The van der Waals surface area contributed by atoms with Crippen molar-refractivity contribution >= 4 is 132 Å². The first-order valence-corrected chi connectivity index (χ1v) is 33.6. The van der Waals surface area contributed by atoms with E-state index in [1.807, 2.05) is 0 Å². The van der Waals surface area contributed by atoms with Crippen LogP contribution in [0.4, 0.5) is 34.1 Å². The third kappa shape index (κ3) is 8.93. The minimum absolute atomic E-state index is 0.00978. The van der Waals surface area contributed by atoms with Crippen molar-refractivity contribution in [3.63, 3.8) is 0 Å². The lowest BCUT2D eigenvalue weighted by molar-refractivity contribution is 0.590. The Balaban J connectivity index is 0.950. The van der Waals surface area contributed by atoms with Crippen molar-refractivity contribution in [2.45, 2.75) is 105 Å². The van der Waals surface area contributed by atoms with Crippen molar-refractivity contribution in [2.24, 2.45) is 0 Å². The maximum atomic E-state index is 2.61. The van der Waals surface area contributed by atoms with Crippen molar-refractivity contribution in [3.05, 3.63) is 277 Å². The summed E-state index contributed by atoms with van der Waals surface area (Å²) < 4.78 is 5.22. The predicted octanol–water partition coefficient (Wildman–Crippen LogP) is 25.8. The van der Waals surface area contributed by atoms with Gasteiger partial charge in [-0.3, -0.25) is 0 Å². The molecule has 4 heterocycles. The molecule has 17 aromatic rings. The molecule has 4 aromatic heterocycles. The van der Waals surface area contributed by atoms with Crippen LogP contribution in [0.25, 0.3) is 120 Å². The molecule has 0 atom stereocenters. The van der Waals surface area contributed by atoms with E-state index >= 15 is 0 Å². The van der Waals surface area contributed by atoms with Crippen LogP contribution >= 0.6 is 0 Å². The van der Waals surface area contributed by atoms with Crippen LogP contribution in [0.2, 0.25) is 0 Å². The SMILES string of the molecule is CC(C)(C)c1ccc(N(c2ccccc2-c2ccc3ccccc3c2)c2ccc3c4cc5c(cc4n4c6ccc(C(C)(C)C)cc6c2c34)c2ccc(N(c3ccc(C(C)(C)C)cc3)c3ccccc3-c3ccc4ccccc4c3)c3c4cc(C(C)(C)C)ccc4n5c23)cc1. The smallest absolute Gasteiger partial charge is 0.0641 e. The van der Waals surface area contributed by atoms with Gasteiger partial charge in [0, 0.05) is 65.6 Å². The molecule has 0 saturated heterocycles. The van der Waals surface area contributed by atoms with E-state index in [1.165, 1.54) is 142 Å². The normalized spacial score (nSPS) is 12.9. The summed E-state index contributed by atoms with van der Waals surface area (Å²) in [5.74, 6) is 0. The quantitative estimate of drug-likeness (QED) is 0.151. The zero-order valence-corrected chi connectivity index (χ0v) is 56.0. The molecular weight excluding hydrogens is 1140 g/mol. The second-order valence-electron chi connectivity index (χ2n) is 30.7. The lowest BCUT2D eigenvalue weighted by Gasteiger charge is -2.30. The molecule has 0 radical (unpaired) electrons. The number of hydrogen-bond donors (Lipinski definition) is 0. The van der Waals surface area contributed by atoms with Crippen LogP contribution in [0.15, 0.2) is 255 Å². The first-order chi connectivity index (χ1) is 45.2. The third-order valence-corrected chi connectivity index (χ3v) is 20.6. The predicted molar refractivity (Wildman–Crippen MR) is 406 cm³/mol. The molecule has 0 aliphatic heterocycles. The van der Waals surface area contributed by atoms with Gasteiger partial charge in [-0.05, 0) is 174 Å². The summed E-state index contributed by atoms with van der Waals surface area (Å²) in [6.07, 6.45) is 0. The fourth-order valence-electron chi connectivity index (χ4n) is 15.5. The number of aromatic nitrogens is 2. The number of nitrogens with zero attached hydrogens (tertiary/aromatic N) is 4. The molecule has 0 N–H and O–H groups in total. The Bertz CT molecular complexity index is 5520. The Labute approximate surface area is 551 Å². The maximum absolute atomic E-state index is 2.61. The number of rotatable bonds is 8. The fourth-order valence-corrected chi connectivity index (χ4v) is 15.5. The van der Waals surface area contributed by atoms with Crippen LogP contribution in [0.5, 0.6) is 0 Å². The molecule has 0 aliphatic rings. The molecule has 4 heteroatoms. The van der Waals surface area contributed by atoms with Gasteiger partial charge in [0.25, 0.3) is 0 Å². The zero-order valence-electron chi connectivity index (χ0n) is 56.0. The van der Waals surface area contributed by atoms with Gasteiger partial charge in [0.2, 0.25) is 0 Å². The molecule has 4 nitrogen and oxygen atoms in total. The van der Waals surface area contributed by atoms with Gasteiger partial charge in [0.15, 0.2) is 0 Å². The molecule has 0 amide bonds. The molecule has 458 valence electrons. The van der Waals surface area contributed by atoms with Crippen molar-refractivity contribution in [3.8, 4) is 22.3 Å². The van der Waals surface area contributed by atoms with Crippen molar-refractivity contribution in [1.82, 2.24) is 8.80 Å². The number of para-hydroxylation sites is 2.